The first-order valence-corrected chi connectivity index (χ1v) is 6.56. The smallest absolute Gasteiger partial charge is 0.351 e. The van der Waals surface area contributed by atoms with Crippen LogP contribution in [-0.4, -0.2) is 25.8 Å². The summed E-state index contributed by atoms with van der Waals surface area (Å²) in [6.45, 7) is 2.40. The third kappa shape index (κ3) is 3.44. The molecule has 0 spiro atoms. The quantitative estimate of drug-likeness (QED) is 0.779. The van der Waals surface area contributed by atoms with E-state index >= 15 is 0 Å². The third-order valence-corrected chi connectivity index (χ3v) is 2.84. The maximum absolute atomic E-state index is 5.53. The Kier molecular flexibility index (Phi) is 4.87. The van der Waals surface area contributed by atoms with Gasteiger partial charge in [0, 0.05) is 6.42 Å². The molecule has 0 atom stereocenters. The van der Waals surface area contributed by atoms with Gasteiger partial charge in [-0.15, -0.1) is 0 Å². The number of oxazole rings is 1. The second kappa shape index (κ2) is 6.84. The van der Waals surface area contributed by atoms with Crippen LogP contribution in [0.2, 0.25) is 0 Å². The lowest BCUT2D eigenvalue weighted by Crippen LogP contribution is -1.93. The van der Waals surface area contributed by atoms with E-state index in [4.69, 9.17) is 18.6 Å². The SMILES string of the molecule is CCOc1oc(CCc2cccc(OC)c2)nc1OC. The largest absolute Gasteiger partial charge is 0.497 e. The zero-order valence-electron chi connectivity index (χ0n) is 12.0. The van der Waals surface area contributed by atoms with Crippen molar-refractivity contribution in [3.8, 4) is 17.6 Å². The summed E-state index contributed by atoms with van der Waals surface area (Å²) in [6.07, 6.45) is 1.49. The Morgan fingerprint density at radius 2 is 2.00 bits per heavy atom. The molecule has 0 bridgehead atoms. The molecule has 0 radical (unpaired) electrons. The lowest BCUT2D eigenvalue weighted by molar-refractivity contribution is 0.234. The van der Waals surface area contributed by atoms with Crippen LogP contribution in [0.1, 0.15) is 18.4 Å². The van der Waals surface area contributed by atoms with Gasteiger partial charge in [0.05, 0.1) is 20.8 Å². The Morgan fingerprint density at radius 1 is 1.15 bits per heavy atom. The van der Waals surface area contributed by atoms with Crippen LogP contribution in [-0.2, 0) is 12.8 Å². The second-order valence-corrected chi connectivity index (χ2v) is 4.19. The van der Waals surface area contributed by atoms with Crippen LogP contribution >= 0.6 is 0 Å². The summed E-state index contributed by atoms with van der Waals surface area (Å²) >= 11 is 0. The zero-order valence-corrected chi connectivity index (χ0v) is 12.0. The summed E-state index contributed by atoms with van der Waals surface area (Å²) < 4.78 is 21.2. The molecule has 0 aliphatic heterocycles. The number of hydrogen-bond acceptors (Lipinski definition) is 5. The fourth-order valence-corrected chi connectivity index (χ4v) is 1.87. The highest BCUT2D eigenvalue weighted by Crippen LogP contribution is 2.28. The van der Waals surface area contributed by atoms with E-state index in [9.17, 15) is 0 Å². The van der Waals surface area contributed by atoms with Crippen LogP contribution in [0.4, 0.5) is 0 Å². The minimum absolute atomic E-state index is 0.343. The molecule has 5 heteroatoms. The van der Waals surface area contributed by atoms with E-state index in [2.05, 4.69) is 4.98 Å². The molecule has 2 aromatic rings. The minimum Gasteiger partial charge on any atom is -0.497 e. The Morgan fingerprint density at radius 3 is 2.70 bits per heavy atom. The molecule has 1 aromatic heterocycles. The van der Waals surface area contributed by atoms with Crippen LogP contribution in [0, 0.1) is 0 Å². The summed E-state index contributed by atoms with van der Waals surface area (Å²) in [6, 6.07) is 7.94. The van der Waals surface area contributed by atoms with Gasteiger partial charge < -0.3 is 18.6 Å². The van der Waals surface area contributed by atoms with Gasteiger partial charge in [-0.3, -0.25) is 0 Å². The van der Waals surface area contributed by atoms with Gasteiger partial charge in [0.15, 0.2) is 0 Å². The molecule has 1 heterocycles. The first kappa shape index (κ1) is 14.2. The number of benzene rings is 1. The Labute approximate surface area is 118 Å². The van der Waals surface area contributed by atoms with E-state index in [1.165, 1.54) is 5.56 Å². The van der Waals surface area contributed by atoms with Gasteiger partial charge in [0.1, 0.15) is 5.75 Å². The number of aryl methyl sites for hydroxylation is 2. The summed E-state index contributed by atoms with van der Waals surface area (Å²) in [7, 11) is 3.21. The molecular weight excluding hydrogens is 258 g/mol. The fourth-order valence-electron chi connectivity index (χ4n) is 1.87. The summed E-state index contributed by atoms with van der Waals surface area (Å²) in [5.41, 5.74) is 1.17. The summed E-state index contributed by atoms with van der Waals surface area (Å²) in [5, 5.41) is 0. The second-order valence-electron chi connectivity index (χ2n) is 4.19. The van der Waals surface area contributed by atoms with Crippen molar-refractivity contribution in [2.75, 3.05) is 20.8 Å². The van der Waals surface area contributed by atoms with E-state index in [1.54, 1.807) is 14.2 Å². The molecule has 5 nitrogen and oxygen atoms in total. The van der Waals surface area contributed by atoms with Gasteiger partial charge in [-0.05, 0) is 31.0 Å². The maximum atomic E-state index is 5.53. The van der Waals surface area contributed by atoms with Crippen molar-refractivity contribution < 1.29 is 18.6 Å². The van der Waals surface area contributed by atoms with Gasteiger partial charge >= 0.3 is 11.8 Å². The summed E-state index contributed by atoms with van der Waals surface area (Å²) in [5.74, 6) is 2.19. The number of methoxy groups -OCH3 is 2. The van der Waals surface area contributed by atoms with E-state index in [1.807, 2.05) is 31.2 Å². The predicted molar refractivity (Wildman–Crippen MR) is 74.6 cm³/mol. The molecule has 2 rings (SSSR count). The lowest BCUT2D eigenvalue weighted by Gasteiger charge is -2.02. The number of aromatic nitrogens is 1. The van der Waals surface area contributed by atoms with Gasteiger partial charge in [0.25, 0.3) is 0 Å². The lowest BCUT2D eigenvalue weighted by atomic mass is 10.1. The average Bonchev–Trinajstić information content (AvgIpc) is 2.88. The highest BCUT2D eigenvalue weighted by atomic mass is 16.6. The van der Waals surface area contributed by atoms with Gasteiger partial charge in [-0.1, -0.05) is 12.1 Å². The monoisotopic (exact) mass is 277 g/mol. The van der Waals surface area contributed by atoms with Gasteiger partial charge in [-0.2, -0.15) is 4.98 Å². The van der Waals surface area contributed by atoms with Crippen molar-refractivity contribution in [2.45, 2.75) is 19.8 Å². The van der Waals surface area contributed by atoms with Crippen molar-refractivity contribution in [3.05, 3.63) is 35.7 Å². The standard InChI is InChI=1S/C15H19NO4/c1-4-19-15-14(18-3)16-13(20-15)9-8-11-6-5-7-12(10-11)17-2/h5-7,10H,4,8-9H2,1-3H3. The van der Waals surface area contributed by atoms with E-state index in [0.29, 0.717) is 30.7 Å². The van der Waals surface area contributed by atoms with Crippen molar-refractivity contribution in [3.63, 3.8) is 0 Å². The zero-order chi connectivity index (χ0) is 14.4. The molecule has 108 valence electrons. The van der Waals surface area contributed by atoms with Crippen molar-refractivity contribution >= 4 is 0 Å². The normalized spacial score (nSPS) is 10.3. The summed E-state index contributed by atoms with van der Waals surface area (Å²) in [4.78, 5) is 4.26. The topological polar surface area (TPSA) is 53.7 Å². The van der Waals surface area contributed by atoms with Crippen molar-refractivity contribution in [1.82, 2.24) is 4.98 Å². The van der Waals surface area contributed by atoms with E-state index < -0.39 is 0 Å². The Bertz CT molecular complexity index is 551. The van der Waals surface area contributed by atoms with Crippen LogP contribution in [0.5, 0.6) is 17.6 Å². The number of nitrogens with zero attached hydrogens (tertiary/aromatic N) is 1. The molecule has 0 aliphatic rings. The molecule has 1 aromatic carbocycles. The molecular formula is C15H19NO4. The molecule has 0 unspecified atom stereocenters. The van der Waals surface area contributed by atoms with Crippen molar-refractivity contribution in [2.24, 2.45) is 0 Å². The Balaban J connectivity index is 2.02. The maximum Gasteiger partial charge on any atom is 0.351 e. The first-order valence-electron chi connectivity index (χ1n) is 6.56. The van der Waals surface area contributed by atoms with Crippen molar-refractivity contribution in [1.29, 1.82) is 0 Å². The number of ether oxygens (including phenoxy) is 3. The first-order chi connectivity index (χ1) is 9.76. The number of hydrogen-bond donors (Lipinski definition) is 0. The van der Waals surface area contributed by atoms with Gasteiger partial charge in [-0.25, -0.2) is 0 Å². The minimum atomic E-state index is 0.343. The van der Waals surface area contributed by atoms with Crippen LogP contribution in [0.25, 0.3) is 0 Å². The fraction of sp³-hybridized carbons (Fsp3) is 0.400. The third-order valence-electron chi connectivity index (χ3n) is 2.84. The number of rotatable bonds is 7. The molecule has 0 saturated carbocycles. The molecule has 0 fully saturated rings. The highest BCUT2D eigenvalue weighted by molar-refractivity contribution is 5.29. The van der Waals surface area contributed by atoms with Crippen LogP contribution in [0.3, 0.4) is 0 Å². The Hall–Kier alpha value is -2.17. The molecule has 0 aliphatic carbocycles. The van der Waals surface area contributed by atoms with Crippen LogP contribution in [0.15, 0.2) is 28.7 Å². The molecule has 0 amide bonds. The predicted octanol–water partition coefficient (Wildman–Crippen LogP) is 2.88. The van der Waals surface area contributed by atoms with E-state index in [-0.39, 0.29) is 0 Å². The molecule has 0 saturated heterocycles. The van der Waals surface area contributed by atoms with Crippen LogP contribution < -0.4 is 14.2 Å². The van der Waals surface area contributed by atoms with Gasteiger partial charge in [0.2, 0.25) is 5.89 Å². The average molecular weight is 277 g/mol. The van der Waals surface area contributed by atoms with E-state index in [0.717, 1.165) is 12.2 Å². The highest BCUT2D eigenvalue weighted by Gasteiger charge is 2.14. The molecule has 20 heavy (non-hydrogen) atoms. The molecule has 0 N–H and O–H groups in total.